The molecule has 0 saturated heterocycles. The fourth-order valence-corrected chi connectivity index (χ4v) is 2.17. The number of alkyl halides is 6. The molecule has 0 bridgehead atoms. The topological polar surface area (TPSA) is 0 Å². The summed E-state index contributed by atoms with van der Waals surface area (Å²) in [5.41, 5.74) is -4.98. The fourth-order valence-electron chi connectivity index (χ4n) is 1.76. The molecule has 2 rings (SSSR count). The largest absolute Gasteiger partial charge is 0.343 e. The minimum Gasteiger partial charge on any atom is -0.203 e. The average Bonchev–Trinajstić information content (AvgIpc) is 2.24. The van der Waals surface area contributed by atoms with Gasteiger partial charge in [0.1, 0.15) is 4.84 Å². The van der Waals surface area contributed by atoms with E-state index in [2.05, 4.69) is 0 Å². The normalized spacial score (nSPS) is 19.7. The number of hydrogen-bond donors (Lipinski definition) is 0. The number of fused-ring (bicyclic) bond motifs is 1. The first-order chi connectivity index (χ1) is 8.05. The van der Waals surface area contributed by atoms with Crippen LogP contribution in [0.5, 0.6) is 0 Å². The highest BCUT2D eigenvalue weighted by Gasteiger charge is 2.73. The lowest BCUT2D eigenvalue weighted by Crippen LogP contribution is -2.49. The molecule has 0 heterocycles. The van der Waals surface area contributed by atoms with Crippen molar-refractivity contribution >= 4 is 23.2 Å². The maximum Gasteiger partial charge on any atom is 0.343 e. The fraction of sp³-hybridized carbons (Fsp3) is 0.333. The quantitative estimate of drug-likeness (QED) is 0.398. The van der Waals surface area contributed by atoms with Crippen LogP contribution < -0.4 is 0 Å². The number of rotatable bonds is 1. The minimum atomic E-state index is -4.93. The molecule has 1 aliphatic rings. The van der Waals surface area contributed by atoms with Crippen LogP contribution in [-0.2, 0) is 11.8 Å². The van der Waals surface area contributed by atoms with Crippen LogP contribution in [0.1, 0.15) is 21.5 Å². The predicted molar refractivity (Wildman–Crippen MR) is 48.6 cm³/mol. The average molecular weight is 313 g/mol. The minimum absolute atomic E-state index is 1.37. The molecule has 1 aliphatic carbocycles. The summed E-state index contributed by atoms with van der Waals surface area (Å²) in [6.07, 6.45) is 0. The van der Waals surface area contributed by atoms with E-state index in [-0.39, 0.29) is 0 Å². The van der Waals surface area contributed by atoms with Crippen LogP contribution >= 0.6 is 23.2 Å². The Balaban J connectivity index is 2.91. The molecule has 0 radical (unpaired) electrons. The van der Waals surface area contributed by atoms with Gasteiger partial charge in [-0.15, -0.1) is 0 Å². The van der Waals surface area contributed by atoms with Crippen molar-refractivity contribution in [2.75, 3.05) is 0 Å². The maximum atomic E-state index is 13.2. The number of benzene rings is 1. The van der Waals surface area contributed by atoms with Crippen LogP contribution in [-0.4, -0.2) is 0 Å². The molecule has 0 aliphatic heterocycles. The summed E-state index contributed by atoms with van der Waals surface area (Å²) in [4.78, 5) is -2.03. The standard InChI is InChI=1S/C9HCl2F7/c10-7(11)1-2-3(5(13)6(14)4(1)12)9(17,18)8(2,15)16/h7H. The Morgan fingerprint density at radius 1 is 0.722 bits per heavy atom. The summed E-state index contributed by atoms with van der Waals surface area (Å²) in [5.74, 6) is -16.6. The van der Waals surface area contributed by atoms with Gasteiger partial charge in [0.2, 0.25) is 0 Å². The molecule has 0 fully saturated rings. The maximum absolute atomic E-state index is 13.2. The molecular formula is C9HCl2F7. The molecule has 9 heteroatoms. The second-order valence-corrected chi connectivity index (χ2v) is 4.65. The van der Waals surface area contributed by atoms with E-state index in [1.807, 2.05) is 0 Å². The van der Waals surface area contributed by atoms with E-state index in [1.165, 1.54) is 0 Å². The molecule has 0 amide bonds. The van der Waals surface area contributed by atoms with Gasteiger partial charge in [-0.1, -0.05) is 23.2 Å². The Morgan fingerprint density at radius 2 is 1.17 bits per heavy atom. The Morgan fingerprint density at radius 3 is 1.61 bits per heavy atom. The molecule has 0 unspecified atom stereocenters. The van der Waals surface area contributed by atoms with Crippen molar-refractivity contribution in [2.24, 2.45) is 0 Å². The number of halogens is 9. The van der Waals surface area contributed by atoms with E-state index in [0.29, 0.717) is 0 Å². The van der Waals surface area contributed by atoms with Crippen LogP contribution in [0.3, 0.4) is 0 Å². The molecule has 100 valence electrons. The third-order valence-electron chi connectivity index (χ3n) is 2.60. The highest BCUT2D eigenvalue weighted by Crippen LogP contribution is 2.64. The van der Waals surface area contributed by atoms with Crippen LogP contribution in [0.4, 0.5) is 30.7 Å². The van der Waals surface area contributed by atoms with Crippen LogP contribution in [0.15, 0.2) is 0 Å². The SMILES string of the molecule is Fc1c(F)c(C(Cl)Cl)c2c(c1F)C(F)(F)C2(F)F. The highest BCUT2D eigenvalue weighted by atomic mass is 35.5. The molecule has 0 nitrogen and oxygen atoms in total. The van der Waals surface area contributed by atoms with Crippen molar-refractivity contribution in [1.29, 1.82) is 0 Å². The molecule has 0 aromatic heterocycles. The molecule has 0 N–H and O–H groups in total. The molecule has 0 spiro atoms. The van der Waals surface area contributed by atoms with E-state index in [4.69, 9.17) is 23.2 Å². The zero-order valence-corrected chi connectivity index (χ0v) is 9.49. The van der Waals surface area contributed by atoms with Crippen molar-refractivity contribution in [3.63, 3.8) is 0 Å². The first-order valence-electron chi connectivity index (χ1n) is 4.30. The smallest absolute Gasteiger partial charge is 0.203 e. The van der Waals surface area contributed by atoms with Crippen LogP contribution in [0, 0.1) is 17.5 Å². The Kier molecular flexibility index (Phi) is 2.79. The van der Waals surface area contributed by atoms with Crippen molar-refractivity contribution in [3.05, 3.63) is 34.1 Å². The van der Waals surface area contributed by atoms with Gasteiger partial charge >= 0.3 is 11.8 Å². The lowest BCUT2D eigenvalue weighted by molar-refractivity contribution is -0.257. The lowest BCUT2D eigenvalue weighted by atomic mass is 9.76. The van der Waals surface area contributed by atoms with E-state index in [0.717, 1.165) is 0 Å². The van der Waals surface area contributed by atoms with Gasteiger partial charge in [-0.25, -0.2) is 13.2 Å². The second-order valence-electron chi connectivity index (χ2n) is 3.56. The van der Waals surface area contributed by atoms with E-state index in [9.17, 15) is 30.7 Å². The van der Waals surface area contributed by atoms with E-state index >= 15 is 0 Å². The summed E-state index contributed by atoms with van der Waals surface area (Å²) in [6, 6.07) is 0. The van der Waals surface area contributed by atoms with Gasteiger partial charge in [-0.05, 0) is 0 Å². The summed E-state index contributed by atoms with van der Waals surface area (Å²) in [6.45, 7) is 0. The molecule has 0 atom stereocenters. The first kappa shape index (κ1) is 13.7. The first-order valence-corrected chi connectivity index (χ1v) is 5.17. The summed E-state index contributed by atoms with van der Waals surface area (Å²) in [7, 11) is 0. The van der Waals surface area contributed by atoms with Crippen molar-refractivity contribution in [2.45, 2.75) is 16.7 Å². The zero-order valence-electron chi connectivity index (χ0n) is 7.98. The monoisotopic (exact) mass is 312 g/mol. The van der Waals surface area contributed by atoms with Gasteiger partial charge < -0.3 is 0 Å². The Hall–Kier alpha value is -0.690. The molecule has 1 aromatic rings. The predicted octanol–water partition coefficient (Wildman–Crippen LogP) is 4.78. The summed E-state index contributed by atoms with van der Waals surface area (Å²) >= 11 is 10.2. The van der Waals surface area contributed by atoms with Gasteiger partial charge in [0.25, 0.3) is 0 Å². The van der Waals surface area contributed by atoms with Gasteiger partial charge in [-0.2, -0.15) is 17.6 Å². The molecular weight excluding hydrogens is 312 g/mol. The summed E-state index contributed by atoms with van der Waals surface area (Å²) < 4.78 is 91.4. The zero-order chi connectivity index (χ0) is 14.0. The number of hydrogen-bond acceptors (Lipinski definition) is 0. The molecule has 1 aromatic carbocycles. The molecule has 0 saturated carbocycles. The third kappa shape index (κ3) is 1.34. The Bertz CT molecular complexity index is 515. The van der Waals surface area contributed by atoms with Crippen LogP contribution in [0.2, 0.25) is 0 Å². The Labute approximate surface area is 105 Å². The van der Waals surface area contributed by atoms with Crippen LogP contribution in [0.25, 0.3) is 0 Å². The molecule has 18 heavy (non-hydrogen) atoms. The van der Waals surface area contributed by atoms with Gasteiger partial charge in [-0.3, -0.25) is 0 Å². The highest BCUT2D eigenvalue weighted by molar-refractivity contribution is 6.44. The third-order valence-corrected chi connectivity index (χ3v) is 3.04. The lowest BCUT2D eigenvalue weighted by Gasteiger charge is -2.40. The van der Waals surface area contributed by atoms with Crippen molar-refractivity contribution < 1.29 is 30.7 Å². The second kappa shape index (κ2) is 3.66. The van der Waals surface area contributed by atoms with Gasteiger partial charge in [0, 0.05) is 11.1 Å². The van der Waals surface area contributed by atoms with Gasteiger partial charge in [0.05, 0.1) is 5.56 Å². The van der Waals surface area contributed by atoms with Gasteiger partial charge in [0.15, 0.2) is 17.5 Å². The van der Waals surface area contributed by atoms with Crippen molar-refractivity contribution in [1.82, 2.24) is 0 Å². The van der Waals surface area contributed by atoms with E-state index in [1.54, 1.807) is 0 Å². The van der Waals surface area contributed by atoms with Crippen molar-refractivity contribution in [3.8, 4) is 0 Å². The van der Waals surface area contributed by atoms with E-state index < -0.39 is 50.8 Å². The summed E-state index contributed by atoms with van der Waals surface area (Å²) in [5, 5.41) is 0.